The molecule has 5 heteroatoms. The van der Waals surface area contributed by atoms with E-state index in [0.29, 0.717) is 0 Å². The largest absolute Gasteiger partial charge is 0.246 e. The maximum Gasteiger partial charge on any atom is 0.135 e. The molecule has 0 aliphatic carbocycles. The second-order valence-electron chi connectivity index (χ2n) is 0.563. The van der Waals surface area contributed by atoms with Crippen molar-refractivity contribution in [3.63, 3.8) is 0 Å². The number of hydrogen-bond donors (Lipinski definition) is 1. The predicted octanol–water partition coefficient (Wildman–Crippen LogP) is -0.803. The Morgan fingerprint density at radius 3 is 2.50 bits per heavy atom. The number of rotatable bonds is 0. The molecule has 1 N–H and O–H groups in total. The van der Waals surface area contributed by atoms with E-state index >= 15 is 0 Å². The number of nitrogens with one attached hydrogen (secondary N) is 1. The molecule has 0 fully saturated rings. The molecule has 0 atom stereocenters. The number of tetrazole rings is 1. The summed E-state index contributed by atoms with van der Waals surface area (Å²) in [5.74, 6) is 0. The van der Waals surface area contributed by atoms with E-state index in [4.69, 9.17) is 0 Å². The molecular formula is CH2AuN4. The molecule has 1 heterocycles. The summed E-state index contributed by atoms with van der Waals surface area (Å²) in [6.07, 6.45) is 1.40. The zero-order valence-corrected chi connectivity index (χ0v) is 4.89. The van der Waals surface area contributed by atoms with Crippen molar-refractivity contribution in [1.82, 2.24) is 20.6 Å². The van der Waals surface area contributed by atoms with Gasteiger partial charge < -0.3 is 0 Å². The molecular weight excluding hydrogens is 265 g/mol. The van der Waals surface area contributed by atoms with Crippen LogP contribution in [0.1, 0.15) is 0 Å². The Hall–Kier alpha value is -0.190. The van der Waals surface area contributed by atoms with Crippen molar-refractivity contribution in [1.29, 1.82) is 0 Å². The molecule has 1 aromatic rings. The van der Waals surface area contributed by atoms with Gasteiger partial charge >= 0.3 is 0 Å². The van der Waals surface area contributed by atoms with Gasteiger partial charge in [0.05, 0.1) is 0 Å². The van der Waals surface area contributed by atoms with Gasteiger partial charge in [-0.2, -0.15) is 0 Å². The van der Waals surface area contributed by atoms with Crippen molar-refractivity contribution in [3.05, 3.63) is 6.33 Å². The van der Waals surface area contributed by atoms with Crippen molar-refractivity contribution in [3.8, 4) is 0 Å². The number of H-pyrrole nitrogens is 1. The van der Waals surface area contributed by atoms with Crippen molar-refractivity contribution in [2.75, 3.05) is 0 Å². The van der Waals surface area contributed by atoms with Crippen LogP contribution in [0, 0.1) is 0 Å². The van der Waals surface area contributed by atoms with E-state index in [1.165, 1.54) is 6.33 Å². The molecule has 0 aliphatic heterocycles. The third kappa shape index (κ3) is 1.30. The van der Waals surface area contributed by atoms with Crippen molar-refractivity contribution < 1.29 is 22.4 Å². The molecule has 0 bridgehead atoms. The van der Waals surface area contributed by atoms with Gasteiger partial charge in [-0.3, -0.25) is 0 Å². The Kier molecular flexibility index (Phi) is 2.92. The van der Waals surface area contributed by atoms with Crippen LogP contribution in [0.5, 0.6) is 0 Å². The predicted molar refractivity (Wildman–Crippen MR) is 14.2 cm³/mol. The van der Waals surface area contributed by atoms with Crippen molar-refractivity contribution in [2.45, 2.75) is 0 Å². The Balaban J connectivity index is 0.000000250. The van der Waals surface area contributed by atoms with Crippen LogP contribution < -0.4 is 0 Å². The van der Waals surface area contributed by atoms with Gasteiger partial charge in [0.2, 0.25) is 0 Å². The van der Waals surface area contributed by atoms with Gasteiger partial charge in [0.15, 0.2) is 0 Å². The number of hydrogen-bond acceptors (Lipinski definition) is 3. The van der Waals surface area contributed by atoms with Gasteiger partial charge in [0.25, 0.3) is 0 Å². The molecule has 0 unspecified atom stereocenters. The molecule has 0 aliphatic rings. The molecule has 4 nitrogen and oxygen atoms in total. The second kappa shape index (κ2) is 3.02. The van der Waals surface area contributed by atoms with Crippen LogP contribution in [0.15, 0.2) is 6.33 Å². The third-order valence-electron chi connectivity index (χ3n) is 0.270. The van der Waals surface area contributed by atoms with E-state index in [1.807, 2.05) is 0 Å². The maximum atomic E-state index is 3.31. The van der Waals surface area contributed by atoms with Crippen molar-refractivity contribution >= 4 is 0 Å². The summed E-state index contributed by atoms with van der Waals surface area (Å²) in [5.41, 5.74) is 0. The van der Waals surface area contributed by atoms with Gasteiger partial charge in [0, 0.05) is 22.4 Å². The van der Waals surface area contributed by atoms with Crippen molar-refractivity contribution in [2.24, 2.45) is 0 Å². The molecule has 0 amide bonds. The second-order valence-corrected chi connectivity index (χ2v) is 0.563. The van der Waals surface area contributed by atoms with E-state index < -0.39 is 0 Å². The van der Waals surface area contributed by atoms with Gasteiger partial charge in [-0.15, -0.1) is 5.10 Å². The number of aromatic amines is 1. The van der Waals surface area contributed by atoms with Crippen LogP contribution in [0.3, 0.4) is 0 Å². The quantitative estimate of drug-likeness (QED) is 0.626. The summed E-state index contributed by atoms with van der Waals surface area (Å²) >= 11 is 0. The first-order valence-electron chi connectivity index (χ1n) is 1.17. The summed E-state index contributed by atoms with van der Waals surface area (Å²) in [5, 5.41) is 12.1. The van der Waals surface area contributed by atoms with Crippen LogP contribution in [0.25, 0.3) is 0 Å². The maximum absolute atomic E-state index is 3.31. The summed E-state index contributed by atoms with van der Waals surface area (Å²) in [6, 6.07) is 0. The standard InChI is InChI=1S/CH2N4.Au/c1-2-4-5-3-1;/h1H,(H,2,3,4,5);. The summed E-state index contributed by atoms with van der Waals surface area (Å²) < 4.78 is 0. The Bertz CT molecular complexity index is 64.0. The van der Waals surface area contributed by atoms with E-state index in [-0.39, 0.29) is 22.4 Å². The van der Waals surface area contributed by atoms with Gasteiger partial charge in [-0.1, -0.05) is 0 Å². The molecule has 0 saturated carbocycles. The number of aromatic nitrogens is 4. The Morgan fingerprint density at radius 1 is 1.50 bits per heavy atom. The first-order chi connectivity index (χ1) is 2.50. The first-order valence-corrected chi connectivity index (χ1v) is 1.17. The average molecular weight is 267 g/mol. The van der Waals surface area contributed by atoms with E-state index in [2.05, 4.69) is 20.6 Å². The SMILES string of the molecule is [Au].c1nnn[nH]1. The average Bonchev–Trinajstić information content (AvgIpc) is 1.76. The molecule has 37 valence electrons. The molecule has 1 radical (unpaired) electrons. The zero-order chi connectivity index (χ0) is 3.54. The summed E-state index contributed by atoms with van der Waals surface area (Å²) in [7, 11) is 0. The molecule has 1 aromatic heterocycles. The monoisotopic (exact) mass is 267 g/mol. The Labute approximate surface area is 49.8 Å². The summed E-state index contributed by atoms with van der Waals surface area (Å²) in [4.78, 5) is 0. The summed E-state index contributed by atoms with van der Waals surface area (Å²) in [6.45, 7) is 0. The molecule has 0 spiro atoms. The Morgan fingerprint density at radius 2 is 2.33 bits per heavy atom. The van der Waals surface area contributed by atoms with E-state index in [9.17, 15) is 0 Å². The normalized spacial score (nSPS) is 6.67. The molecule has 1 rings (SSSR count). The molecule has 0 aromatic carbocycles. The van der Waals surface area contributed by atoms with Crippen LogP contribution >= 0.6 is 0 Å². The minimum Gasteiger partial charge on any atom is -0.246 e. The van der Waals surface area contributed by atoms with Gasteiger partial charge in [-0.25, -0.2) is 5.10 Å². The van der Waals surface area contributed by atoms with Gasteiger partial charge in [-0.05, 0) is 10.4 Å². The van der Waals surface area contributed by atoms with E-state index in [1.54, 1.807) is 0 Å². The minimum absolute atomic E-state index is 0. The minimum atomic E-state index is 0. The topological polar surface area (TPSA) is 54.5 Å². The fourth-order valence-electron chi connectivity index (χ4n) is 0.129. The van der Waals surface area contributed by atoms with Crippen LogP contribution in [0.4, 0.5) is 0 Å². The fourth-order valence-corrected chi connectivity index (χ4v) is 0.129. The smallest absolute Gasteiger partial charge is 0.135 e. The molecule has 0 saturated heterocycles. The van der Waals surface area contributed by atoms with Crippen LogP contribution in [-0.4, -0.2) is 20.6 Å². The first kappa shape index (κ1) is 5.81. The zero-order valence-electron chi connectivity index (χ0n) is 2.72. The van der Waals surface area contributed by atoms with Gasteiger partial charge in [0.1, 0.15) is 6.33 Å². The third-order valence-corrected chi connectivity index (χ3v) is 0.270. The molecule has 6 heavy (non-hydrogen) atoms. The van der Waals surface area contributed by atoms with E-state index in [0.717, 1.165) is 0 Å². The number of nitrogens with zero attached hydrogens (tertiary/aromatic N) is 3. The fraction of sp³-hybridized carbons (Fsp3) is 0. The van der Waals surface area contributed by atoms with Crippen LogP contribution in [0.2, 0.25) is 0 Å². The van der Waals surface area contributed by atoms with Crippen LogP contribution in [-0.2, 0) is 22.4 Å².